The molecular formula is C9H18N2O. The number of rotatable bonds is 1. The monoisotopic (exact) mass is 170 g/mol. The predicted molar refractivity (Wildman–Crippen MR) is 48.9 cm³/mol. The van der Waals surface area contributed by atoms with Crippen LogP contribution < -0.4 is 5.32 Å². The summed E-state index contributed by atoms with van der Waals surface area (Å²) in [5, 5.41) is 3.35. The molecule has 0 aromatic rings. The Labute approximate surface area is 74.1 Å². The summed E-state index contributed by atoms with van der Waals surface area (Å²) in [7, 11) is 0. The lowest BCUT2D eigenvalue weighted by atomic mass is 10.1. The summed E-state index contributed by atoms with van der Waals surface area (Å²) in [6.45, 7) is 7.90. The third-order valence-electron chi connectivity index (χ3n) is 2.39. The van der Waals surface area contributed by atoms with Crippen molar-refractivity contribution in [3.05, 3.63) is 0 Å². The summed E-state index contributed by atoms with van der Waals surface area (Å²) in [5.74, 6) is 0.274. The molecule has 70 valence electrons. The number of carbonyl (C=O) groups is 1. The van der Waals surface area contributed by atoms with E-state index >= 15 is 0 Å². The molecule has 3 nitrogen and oxygen atoms in total. The first-order chi connectivity index (χ1) is 5.65. The fourth-order valence-corrected chi connectivity index (χ4v) is 1.57. The SMILES string of the molecule is CCC(=O)N1C[C@@H](C)NC[C@@H]1C. The Kier molecular flexibility index (Phi) is 3.09. The van der Waals surface area contributed by atoms with Crippen LogP contribution in [0.4, 0.5) is 0 Å². The topological polar surface area (TPSA) is 32.3 Å². The molecule has 0 radical (unpaired) electrons. The smallest absolute Gasteiger partial charge is 0.222 e. The van der Waals surface area contributed by atoms with Gasteiger partial charge in [0.25, 0.3) is 0 Å². The van der Waals surface area contributed by atoms with Crippen LogP contribution in [0.2, 0.25) is 0 Å². The third kappa shape index (κ3) is 1.97. The molecule has 0 aromatic heterocycles. The summed E-state index contributed by atoms with van der Waals surface area (Å²) in [6.07, 6.45) is 0.622. The van der Waals surface area contributed by atoms with Gasteiger partial charge in [0.15, 0.2) is 0 Å². The zero-order valence-corrected chi connectivity index (χ0v) is 8.13. The zero-order valence-electron chi connectivity index (χ0n) is 8.13. The molecule has 1 aliphatic rings. The van der Waals surface area contributed by atoms with Gasteiger partial charge in [-0.1, -0.05) is 6.92 Å². The Morgan fingerprint density at radius 2 is 2.25 bits per heavy atom. The summed E-state index contributed by atoms with van der Waals surface area (Å²) < 4.78 is 0. The second-order valence-corrected chi connectivity index (χ2v) is 3.56. The number of carbonyl (C=O) groups excluding carboxylic acids is 1. The van der Waals surface area contributed by atoms with Crippen LogP contribution in [-0.4, -0.2) is 36.0 Å². The van der Waals surface area contributed by atoms with Gasteiger partial charge in [0.05, 0.1) is 0 Å². The number of nitrogens with one attached hydrogen (secondary N) is 1. The second-order valence-electron chi connectivity index (χ2n) is 3.56. The van der Waals surface area contributed by atoms with E-state index in [9.17, 15) is 4.79 Å². The minimum atomic E-state index is 0.274. The van der Waals surface area contributed by atoms with E-state index in [-0.39, 0.29) is 5.91 Å². The standard InChI is InChI=1S/C9H18N2O/c1-4-9(12)11-6-7(2)10-5-8(11)3/h7-8,10H,4-6H2,1-3H3/t7-,8+/m1/s1. The van der Waals surface area contributed by atoms with Gasteiger partial charge in [-0.3, -0.25) is 4.79 Å². The van der Waals surface area contributed by atoms with Crippen LogP contribution in [-0.2, 0) is 4.79 Å². The van der Waals surface area contributed by atoms with Crippen molar-refractivity contribution in [3.63, 3.8) is 0 Å². The van der Waals surface area contributed by atoms with E-state index in [1.807, 2.05) is 11.8 Å². The summed E-state index contributed by atoms with van der Waals surface area (Å²) in [5.41, 5.74) is 0. The Morgan fingerprint density at radius 3 is 2.83 bits per heavy atom. The van der Waals surface area contributed by atoms with E-state index in [0.29, 0.717) is 18.5 Å². The maximum atomic E-state index is 11.4. The van der Waals surface area contributed by atoms with Crippen LogP contribution >= 0.6 is 0 Å². The normalized spacial score (nSPS) is 30.4. The number of amides is 1. The van der Waals surface area contributed by atoms with E-state index < -0.39 is 0 Å². The average Bonchev–Trinajstić information content (AvgIpc) is 2.08. The van der Waals surface area contributed by atoms with Crippen molar-refractivity contribution in [2.45, 2.75) is 39.3 Å². The Morgan fingerprint density at radius 1 is 1.58 bits per heavy atom. The number of hydrogen-bond donors (Lipinski definition) is 1. The molecule has 1 rings (SSSR count). The lowest BCUT2D eigenvalue weighted by Gasteiger charge is -2.37. The van der Waals surface area contributed by atoms with Gasteiger partial charge in [-0.05, 0) is 13.8 Å². The molecule has 12 heavy (non-hydrogen) atoms. The highest BCUT2D eigenvalue weighted by molar-refractivity contribution is 5.76. The molecule has 0 aromatic carbocycles. The molecule has 2 atom stereocenters. The van der Waals surface area contributed by atoms with Gasteiger partial charge < -0.3 is 10.2 Å². The van der Waals surface area contributed by atoms with Gasteiger partial charge >= 0.3 is 0 Å². The van der Waals surface area contributed by atoms with Crippen LogP contribution in [0.1, 0.15) is 27.2 Å². The Balaban J connectivity index is 2.54. The highest BCUT2D eigenvalue weighted by Gasteiger charge is 2.24. The summed E-state index contributed by atoms with van der Waals surface area (Å²) in [6, 6.07) is 0.797. The van der Waals surface area contributed by atoms with Gasteiger partial charge in [-0.2, -0.15) is 0 Å². The van der Waals surface area contributed by atoms with Crippen molar-refractivity contribution in [1.82, 2.24) is 10.2 Å². The van der Waals surface area contributed by atoms with Crippen LogP contribution in [0.25, 0.3) is 0 Å². The minimum absolute atomic E-state index is 0.274. The van der Waals surface area contributed by atoms with Crippen LogP contribution in [0.5, 0.6) is 0 Å². The van der Waals surface area contributed by atoms with Crippen LogP contribution in [0, 0.1) is 0 Å². The number of piperazine rings is 1. The molecule has 1 aliphatic heterocycles. The molecule has 1 saturated heterocycles. The molecular weight excluding hydrogens is 152 g/mol. The molecule has 1 amide bonds. The number of hydrogen-bond acceptors (Lipinski definition) is 2. The van der Waals surface area contributed by atoms with Crippen molar-refractivity contribution >= 4 is 5.91 Å². The maximum Gasteiger partial charge on any atom is 0.222 e. The van der Waals surface area contributed by atoms with E-state index in [2.05, 4.69) is 19.2 Å². The van der Waals surface area contributed by atoms with Gasteiger partial charge in [0.2, 0.25) is 5.91 Å². The molecule has 0 spiro atoms. The summed E-state index contributed by atoms with van der Waals surface area (Å²) >= 11 is 0. The van der Waals surface area contributed by atoms with E-state index in [4.69, 9.17) is 0 Å². The Bertz CT molecular complexity index is 170. The van der Waals surface area contributed by atoms with Gasteiger partial charge in [0.1, 0.15) is 0 Å². The zero-order chi connectivity index (χ0) is 9.14. The molecule has 3 heteroatoms. The van der Waals surface area contributed by atoms with Crippen molar-refractivity contribution < 1.29 is 4.79 Å². The van der Waals surface area contributed by atoms with Gasteiger partial charge in [0, 0.05) is 31.6 Å². The van der Waals surface area contributed by atoms with E-state index in [1.54, 1.807) is 0 Å². The van der Waals surface area contributed by atoms with Crippen LogP contribution in [0.3, 0.4) is 0 Å². The minimum Gasteiger partial charge on any atom is -0.337 e. The lowest BCUT2D eigenvalue weighted by molar-refractivity contribution is -0.134. The molecule has 0 saturated carbocycles. The van der Waals surface area contributed by atoms with Gasteiger partial charge in [-0.25, -0.2) is 0 Å². The van der Waals surface area contributed by atoms with Crippen molar-refractivity contribution in [3.8, 4) is 0 Å². The molecule has 1 fully saturated rings. The predicted octanol–water partition coefficient (Wildman–Crippen LogP) is 0.605. The second kappa shape index (κ2) is 3.90. The first kappa shape index (κ1) is 9.52. The largest absolute Gasteiger partial charge is 0.337 e. The first-order valence-electron chi connectivity index (χ1n) is 4.68. The number of nitrogens with zero attached hydrogens (tertiary/aromatic N) is 1. The van der Waals surface area contributed by atoms with Crippen LogP contribution in [0.15, 0.2) is 0 Å². The molecule has 0 bridgehead atoms. The fraction of sp³-hybridized carbons (Fsp3) is 0.889. The fourth-order valence-electron chi connectivity index (χ4n) is 1.57. The van der Waals surface area contributed by atoms with Crippen molar-refractivity contribution in [1.29, 1.82) is 0 Å². The highest BCUT2D eigenvalue weighted by atomic mass is 16.2. The molecule has 1 N–H and O–H groups in total. The van der Waals surface area contributed by atoms with Crippen molar-refractivity contribution in [2.75, 3.05) is 13.1 Å². The quantitative estimate of drug-likeness (QED) is 0.625. The highest BCUT2D eigenvalue weighted by Crippen LogP contribution is 2.07. The average molecular weight is 170 g/mol. The first-order valence-corrected chi connectivity index (χ1v) is 4.68. The molecule has 1 heterocycles. The maximum absolute atomic E-state index is 11.4. The molecule has 0 unspecified atom stereocenters. The third-order valence-corrected chi connectivity index (χ3v) is 2.39. The van der Waals surface area contributed by atoms with Gasteiger partial charge in [-0.15, -0.1) is 0 Å². The molecule has 0 aliphatic carbocycles. The van der Waals surface area contributed by atoms with E-state index in [0.717, 1.165) is 13.1 Å². The Hall–Kier alpha value is -0.570. The lowest BCUT2D eigenvalue weighted by Crippen LogP contribution is -2.56. The van der Waals surface area contributed by atoms with Crippen molar-refractivity contribution in [2.24, 2.45) is 0 Å². The van der Waals surface area contributed by atoms with E-state index in [1.165, 1.54) is 0 Å². The summed E-state index contributed by atoms with van der Waals surface area (Å²) in [4.78, 5) is 13.4.